The predicted molar refractivity (Wildman–Crippen MR) is 133 cm³/mol. The van der Waals surface area contributed by atoms with Gasteiger partial charge in [-0.2, -0.15) is 0 Å². The molecule has 2 aromatic heterocycles. The molecule has 0 bridgehead atoms. The van der Waals surface area contributed by atoms with Crippen LogP contribution < -0.4 is 0 Å². The third kappa shape index (κ3) is 4.37. The molecule has 5 rings (SSSR count). The smallest absolute Gasteiger partial charge is 0.338 e. The fourth-order valence-electron chi connectivity index (χ4n) is 5.97. The average Bonchev–Trinajstić information content (AvgIpc) is 3.52. The van der Waals surface area contributed by atoms with Crippen LogP contribution in [-0.2, 0) is 15.9 Å². The van der Waals surface area contributed by atoms with Gasteiger partial charge in [0.2, 0.25) is 0 Å². The summed E-state index contributed by atoms with van der Waals surface area (Å²) in [6.45, 7) is 8.40. The van der Waals surface area contributed by atoms with E-state index in [1.807, 2.05) is 13.0 Å². The number of benzene rings is 1. The highest BCUT2D eigenvalue weighted by atomic mass is 16.7. The Kier molecular flexibility index (Phi) is 6.51. The Morgan fingerprint density at radius 2 is 1.97 bits per heavy atom. The maximum absolute atomic E-state index is 13.1. The zero-order valence-electron chi connectivity index (χ0n) is 21.2. The van der Waals surface area contributed by atoms with Gasteiger partial charge in [0.1, 0.15) is 5.52 Å². The molecule has 0 saturated carbocycles. The molecular formula is C28H34N2O6. The molecule has 0 amide bonds. The first-order valence-corrected chi connectivity index (χ1v) is 12.8. The van der Waals surface area contributed by atoms with Gasteiger partial charge in [0.05, 0.1) is 29.9 Å². The average molecular weight is 495 g/mol. The molecule has 2 saturated heterocycles. The summed E-state index contributed by atoms with van der Waals surface area (Å²) in [6.07, 6.45) is 4.30. The number of carbonyl (C=O) groups is 2. The van der Waals surface area contributed by atoms with Crippen LogP contribution in [0.15, 0.2) is 40.9 Å². The van der Waals surface area contributed by atoms with Gasteiger partial charge in [0.25, 0.3) is 0 Å². The van der Waals surface area contributed by atoms with Gasteiger partial charge in [-0.25, -0.2) is 9.78 Å². The molecule has 8 nitrogen and oxygen atoms in total. The number of aromatic amines is 1. The summed E-state index contributed by atoms with van der Waals surface area (Å²) < 4.78 is 19.4. The number of carboxylic acids is 1. The molecule has 192 valence electrons. The van der Waals surface area contributed by atoms with Gasteiger partial charge in [0.15, 0.2) is 23.0 Å². The highest BCUT2D eigenvalue weighted by molar-refractivity contribution is 6.00. The Bertz CT molecular complexity index is 1250. The normalized spacial score (nSPS) is 31.5. The van der Waals surface area contributed by atoms with Crippen molar-refractivity contribution in [1.29, 1.82) is 0 Å². The number of aromatic carboxylic acids is 1. The van der Waals surface area contributed by atoms with Crippen molar-refractivity contribution < 1.29 is 28.6 Å². The van der Waals surface area contributed by atoms with E-state index in [-0.39, 0.29) is 47.2 Å². The molecule has 1 aromatic carbocycles. The Morgan fingerprint density at radius 3 is 2.69 bits per heavy atom. The quantitative estimate of drug-likeness (QED) is 0.436. The van der Waals surface area contributed by atoms with E-state index in [4.69, 9.17) is 13.9 Å². The van der Waals surface area contributed by atoms with Gasteiger partial charge in [-0.1, -0.05) is 33.8 Å². The van der Waals surface area contributed by atoms with Crippen molar-refractivity contribution in [2.75, 3.05) is 0 Å². The largest absolute Gasteiger partial charge is 0.478 e. The molecule has 8 heteroatoms. The lowest BCUT2D eigenvalue weighted by molar-refractivity contribution is -0.355. The van der Waals surface area contributed by atoms with Crippen molar-refractivity contribution in [1.82, 2.24) is 9.97 Å². The van der Waals surface area contributed by atoms with Crippen LogP contribution >= 0.6 is 0 Å². The van der Waals surface area contributed by atoms with Crippen LogP contribution in [0.2, 0.25) is 0 Å². The fraction of sp³-hybridized carbons (Fsp3) is 0.536. The number of Topliss-reactive ketones (excluding diaryl/α,β-unsaturated/α-hetero) is 1. The molecule has 4 heterocycles. The molecule has 0 unspecified atom stereocenters. The van der Waals surface area contributed by atoms with Gasteiger partial charge in [-0.3, -0.25) is 4.79 Å². The summed E-state index contributed by atoms with van der Waals surface area (Å²) in [5.74, 6) is -1.00. The Labute approximate surface area is 210 Å². The van der Waals surface area contributed by atoms with Crippen LogP contribution in [0.4, 0.5) is 0 Å². The molecule has 2 aliphatic rings. The Balaban J connectivity index is 1.37. The number of carbonyl (C=O) groups excluding carboxylic acids is 1. The highest BCUT2D eigenvalue weighted by Gasteiger charge is 2.52. The third-order valence-corrected chi connectivity index (χ3v) is 8.15. The van der Waals surface area contributed by atoms with Gasteiger partial charge in [0, 0.05) is 24.5 Å². The number of para-hydroxylation sites is 1. The lowest BCUT2D eigenvalue weighted by Crippen LogP contribution is -2.58. The molecule has 2 aliphatic heterocycles. The van der Waals surface area contributed by atoms with Crippen molar-refractivity contribution >= 4 is 22.9 Å². The van der Waals surface area contributed by atoms with E-state index in [1.54, 1.807) is 24.4 Å². The van der Waals surface area contributed by atoms with E-state index in [1.165, 1.54) is 6.07 Å². The molecule has 7 atom stereocenters. The number of H-pyrrole nitrogens is 1. The van der Waals surface area contributed by atoms with Gasteiger partial charge >= 0.3 is 5.97 Å². The van der Waals surface area contributed by atoms with E-state index in [9.17, 15) is 14.7 Å². The number of aromatic nitrogens is 2. The molecule has 3 aromatic rings. The molecule has 1 spiro atoms. The molecule has 2 fully saturated rings. The summed E-state index contributed by atoms with van der Waals surface area (Å²) in [7, 11) is 0. The van der Waals surface area contributed by atoms with E-state index >= 15 is 0 Å². The Hall–Kier alpha value is -2.97. The second-order valence-electron chi connectivity index (χ2n) is 10.7. The number of rotatable bonds is 6. The minimum absolute atomic E-state index is 0.0444. The van der Waals surface area contributed by atoms with Crippen LogP contribution in [0.25, 0.3) is 11.1 Å². The lowest BCUT2D eigenvalue weighted by atomic mass is 9.75. The number of nitrogens with zero attached hydrogens (tertiary/aromatic N) is 1. The number of ketones is 1. The standard InChI is InChI=1S/C28H34N2O6/c1-15-10-11-28(17(3)13-16(2)26(36-28)18(4)25(31)20-8-6-12-29-20)35-22(15)14-23-30-24-19(27(32)33)7-5-9-21(24)34-23/h5-9,12,15-18,22,26,29H,10-11,13-14H2,1-4H3,(H,32,33)/t15-,16-,17-,18-,22+,26-,28-/m1/s1. The molecular weight excluding hydrogens is 460 g/mol. The molecule has 0 aliphatic carbocycles. The summed E-state index contributed by atoms with van der Waals surface area (Å²) >= 11 is 0. The second-order valence-corrected chi connectivity index (χ2v) is 10.7. The summed E-state index contributed by atoms with van der Waals surface area (Å²) in [5, 5.41) is 9.49. The van der Waals surface area contributed by atoms with Crippen LogP contribution in [0, 0.1) is 23.7 Å². The van der Waals surface area contributed by atoms with Crippen LogP contribution in [-0.4, -0.2) is 44.8 Å². The van der Waals surface area contributed by atoms with Gasteiger partial charge in [-0.05, 0) is 48.9 Å². The molecule has 2 N–H and O–H groups in total. The zero-order valence-corrected chi connectivity index (χ0v) is 21.2. The topological polar surface area (TPSA) is 115 Å². The second kappa shape index (κ2) is 9.48. The number of carboxylic acid groups (broad SMARTS) is 1. The zero-order chi connectivity index (χ0) is 25.6. The van der Waals surface area contributed by atoms with Crippen molar-refractivity contribution in [2.45, 2.75) is 71.4 Å². The summed E-state index contributed by atoms with van der Waals surface area (Å²) in [4.78, 5) is 32.2. The first kappa shape index (κ1) is 24.7. The number of hydrogen-bond acceptors (Lipinski definition) is 6. The maximum atomic E-state index is 13.1. The first-order valence-electron chi connectivity index (χ1n) is 12.8. The minimum atomic E-state index is -1.03. The van der Waals surface area contributed by atoms with E-state index < -0.39 is 11.8 Å². The van der Waals surface area contributed by atoms with Crippen molar-refractivity contribution in [3.8, 4) is 0 Å². The summed E-state index contributed by atoms with van der Waals surface area (Å²) in [5.41, 5.74) is 1.53. The van der Waals surface area contributed by atoms with Gasteiger partial charge < -0.3 is 24.0 Å². The SMILES string of the molecule is C[C@@H]1C[C@@H](C)[C@@]2(CC[C@@H](C)[C@H](Cc3nc4c(C(=O)O)cccc4o3)O2)O[C@H]1[C@H](C)C(=O)c1ccc[nH]1. The molecule has 0 radical (unpaired) electrons. The van der Waals surface area contributed by atoms with Crippen LogP contribution in [0.3, 0.4) is 0 Å². The van der Waals surface area contributed by atoms with Gasteiger partial charge in [-0.15, -0.1) is 0 Å². The fourth-order valence-corrected chi connectivity index (χ4v) is 5.97. The molecule has 36 heavy (non-hydrogen) atoms. The van der Waals surface area contributed by atoms with E-state index in [0.717, 1.165) is 19.3 Å². The first-order chi connectivity index (χ1) is 17.2. The third-order valence-electron chi connectivity index (χ3n) is 8.15. The van der Waals surface area contributed by atoms with E-state index in [2.05, 4.69) is 30.7 Å². The number of oxazole rings is 1. The summed E-state index contributed by atoms with van der Waals surface area (Å²) in [6, 6.07) is 8.54. The number of nitrogens with one attached hydrogen (secondary N) is 1. The highest BCUT2D eigenvalue weighted by Crippen LogP contribution is 2.48. The maximum Gasteiger partial charge on any atom is 0.338 e. The van der Waals surface area contributed by atoms with Crippen molar-refractivity contribution in [3.05, 3.63) is 53.7 Å². The predicted octanol–water partition coefficient (Wildman–Crippen LogP) is 5.49. The van der Waals surface area contributed by atoms with Crippen LogP contribution in [0.1, 0.15) is 73.7 Å². The monoisotopic (exact) mass is 494 g/mol. The lowest BCUT2D eigenvalue weighted by Gasteiger charge is -2.53. The van der Waals surface area contributed by atoms with Crippen molar-refractivity contribution in [2.24, 2.45) is 23.7 Å². The van der Waals surface area contributed by atoms with Crippen molar-refractivity contribution in [3.63, 3.8) is 0 Å². The number of ether oxygens (including phenoxy) is 2. The number of hydrogen-bond donors (Lipinski definition) is 2. The Morgan fingerprint density at radius 1 is 1.17 bits per heavy atom. The number of fused-ring (bicyclic) bond motifs is 1. The van der Waals surface area contributed by atoms with Crippen LogP contribution in [0.5, 0.6) is 0 Å². The van der Waals surface area contributed by atoms with E-state index in [0.29, 0.717) is 29.1 Å². The minimum Gasteiger partial charge on any atom is -0.478 e.